The zero-order chi connectivity index (χ0) is 23.2. The summed E-state index contributed by atoms with van der Waals surface area (Å²) in [4.78, 5) is 29.3. The first-order valence-electron chi connectivity index (χ1n) is 10.2. The Kier molecular flexibility index (Phi) is 6.49. The maximum absolute atomic E-state index is 12.7. The van der Waals surface area contributed by atoms with Crippen molar-refractivity contribution in [2.45, 2.75) is 6.54 Å². The van der Waals surface area contributed by atoms with Gasteiger partial charge in [0.15, 0.2) is 5.69 Å². The summed E-state index contributed by atoms with van der Waals surface area (Å²) in [6.45, 7) is 1.14. The standard InChI is InChI=1S/C24H22N4O5/c1-31-23(29)20-21(26-28(22(20)24(30)32-2)18-6-4-3-5-7-18)17-8-10-19(11-9-17)33-15-14-27-13-12-25-16-27/h3-13,16H,14-15H2,1-2H3. The molecule has 0 aliphatic carbocycles. The summed E-state index contributed by atoms with van der Waals surface area (Å²) in [5, 5.41) is 4.58. The maximum atomic E-state index is 12.7. The molecule has 0 bridgehead atoms. The number of esters is 2. The summed E-state index contributed by atoms with van der Waals surface area (Å²) >= 11 is 0. The highest BCUT2D eigenvalue weighted by Crippen LogP contribution is 2.30. The molecule has 9 nitrogen and oxygen atoms in total. The van der Waals surface area contributed by atoms with E-state index in [1.54, 1.807) is 48.9 Å². The first-order valence-corrected chi connectivity index (χ1v) is 10.2. The predicted octanol–water partition coefficient (Wildman–Crippen LogP) is 3.39. The van der Waals surface area contributed by atoms with Crippen LogP contribution in [0.3, 0.4) is 0 Å². The first-order chi connectivity index (χ1) is 16.1. The molecular formula is C24H22N4O5. The van der Waals surface area contributed by atoms with E-state index in [9.17, 15) is 9.59 Å². The number of nitrogens with zero attached hydrogens (tertiary/aromatic N) is 4. The number of carbonyl (C=O) groups is 2. The van der Waals surface area contributed by atoms with Crippen LogP contribution in [0.15, 0.2) is 73.3 Å². The van der Waals surface area contributed by atoms with E-state index >= 15 is 0 Å². The lowest BCUT2D eigenvalue weighted by molar-refractivity contribution is 0.0549. The molecule has 0 saturated carbocycles. The Bertz CT molecular complexity index is 1230. The number of carbonyl (C=O) groups excluding carboxylic acids is 2. The number of para-hydroxylation sites is 1. The zero-order valence-electron chi connectivity index (χ0n) is 18.2. The van der Waals surface area contributed by atoms with Crippen LogP contribution in [-0.2, 0) is 16.0 Å². The summed E-state index contributed by atoms with van der Waals surface area (Å²) in [5.74, 6) is -0.722. The number of ether oxygens (including phenoxy) is 3. The molecule has 0 aliphatic rings. The largest absolute Gasteiger partial charge is 0.492 e. The minimum atomic E-state index is -0.697. The van der Waals surface area contributed by atoms with Crippen LogP contribution in [-0.4, -0.2) is 52.1 Å². The van der Waals surface area contributed by atoms with Gasteiger partial charge >= 0.3 is 11.9 Å². The second kappa shape index (κ2) is 9.82. The average Bonchev–Trinajstić information content (AvgIpc) is 3.52. The van der Waals surface area contributed by atoms with Gasteiger partial charge in [0.2, 0.25) is 0 Å². The van der Waals surface area contributed by atoms with Crippen molar-refractivity contribution in [3.8, 4) is 22.7 Å². The van der Waals surface area contributed by atoms with Crippen LogP contribution in [0.4, 0.5) is 0 Å². The van der Waals surface area contributed by atoms with Gasteiger partial charge in [-0.3, -0.25) is 0 Å². The van der Waals surface area contributed by atoms with Gasteiger partial charge in [-0.25, -0.2) is 19.3 Å². The molecule has 168 valence electrons. The Balaban J connectivity index is 1.69. The SMILES string of the molecule is COC(=O)c1c(-c2ccc(OCCn3ccnc3)cc2)nn(-c2ccccc2)c1C(=O)OC. The zero-order valence-corrected chi connectivity index (χ0v) is 18.2. The van der Waals surface area contributed by atoms with E-state index in [4.69, 9.17) is 14.2 Å². The molecule has 2 heterocycles. The first kappa shape index (κ1) is 21.8. The number of aromatic nitrogens is 4. The Hall–Kier alpha value is -4.40. The number of methoxy groups -OCH3 is 2. The number of hydrogen-bond donors (Lipinski definition) is 0. The fourth-order valence-electron chi connectivity index (χ4n) is 3.35. The van der Waals surface area contributed by atoms with Gasteiger partial charge in [0, 0.05) is 18.0 Å². The molecule has 0 amide bonds. The molecule has 2 aromatic heterocycles. The van der Waals surface area contributed by atoms with Crippen LogP contribution in [0.2, 0.25) is 0 Å². The third kappa shape index (κ3) is 4.62. The van der Waals surface area contributed by atoms with Crippen LogP contribution in [0.25, 0.3) is 16.9 Å². The van der Waals surface area contributed by atoms with Gasteiger partial charge < -0.3 is 18.8 Å². The summed E-state index contributed by atoms with van der Waals surface area (Å²) in [6, 6.07) is 16.1. The number of imidazole rings is 1. The van der Waals surface area contributed by atoms with Crippen LogP contribution >= 0.6 is 0 Å². The molecule has 4 rings (SSSR count). The minimum Gasteiger partial charge on any atom is -0.492 e. The van der Waals surface area contributed by atoms with E-state index in [1.165, 1.54) is 18.9 Å². The monoisotopic (exact) mass is 446 g/mol. The van der Waals surface area contributed by atoms with Gasteiger partial charge in [-0.2, -0.15) is 5.10 Å². The molecule has 9 heteroatoms. The smallest absolute Gasteiger partial charge is 0.357 e. The van der Waals surface area contributed by atoms with Crippen LogP contribution in [0.1, 0.15) is 20.8 Å². The predicted molar refractivity (Wildman–Crippen MR) is 119 cm³/mol. The number of hydrogen-bond acceptors (Lipinski definition) is 7. The minimum absolute atomic E-state index is 0.00814. The van der Waals surface area contributed by atoms with Gasteiger partial charge in [-0.05, 0) is 36.4 Å². The molecule has 0 atom stereocenters. The van der Waals surface area contributed by atoms with Crippen molar-refractivity contribution in [1.82, 2.24) is 19.3 Å². The summed E-state index contributed by atoms with van der Waals surface area (Å²) in [6.07, 6.45) is 5.30. The van der Waals surface area contributed by atoms with Gasteiger partial charge in [0.1, 0.15) is 23.6 Å². The van der Waals surface area contributed by atoms with E-state index < -0.39 is 11.9 Å². The molecule has 2 aromatic carbocycles. The Morgan fingerprint density at radius 2 is 1.67 bits per heavy atom. The summed E-state index contributed by atoms with van der Waals surface area (Å²) in [7, 11) is 2.51. The van der Waals surface area contributed by atoms with Crippen molar-refractivity contribution in [3.05, 3.63) is 84.6 Å². The Morgan fingerprint density at radius 3 is 2.30 bits per heavy atom. The van der Waals surface area contributed by atoms with Gasteiger partial charge in [0.05, 0.1) is 32.8 Å². The van der Waals surface area contributed by atoms with Crippen molar-refractivity contribution < 1.29 is 23.8 Å². The fraction of sp³-hybridized carbons (Fsp3) is 0.167. The van der Waals surface area contributed by atoms with Crippen molar-refractivity contribution in [3.63, 3.8) is 0 Å². The lowest BCUT2D eigenvalue weighted by Crippen LogP contribution is -2.15. The second-order valence-electron chi connectivity index (χ2n) is 6.98. The molecule has 0 saturated heterocycles. The van der Waals surface area contributed by atoms with E-state index in [0.29, 0.717) is 35.8 Å². The molecule has 33 heavy (non-hydrogen) atoms. The highest BCUT2D eigenvalue weighted by Gasteiger charge is 2.31. The Labute approximate surface area is 190 Å². The van der Waals surface area contributed by atoms with Crippen LogP contribution in [0, 0.1) is 0 Å². The molecular weight excluding hydrogens is 424 g/mol. The molecule has 0 unspecified atom stereocenters. The van der Waals surface area contributed by atoms with Crippen molar-refractivity contribution in [2.75, 3.05) is 20.8 Å². The van der Waals surface area contributed by atoms with Crippen LogP contribution < -0.4 is 4.74 Å². The molecule has 0 spiro atoms. The molecule has 0 N–H and O–H groups in total. The average molecular weight is 446 g/mol. The fourth-order valence-corrected chi connectivity index (χ4v) is 3.35. The second-order valence-corrected chi connectivity index (χ2v) is 6.98. The third-order valence-corrected chi connectivity index (χ3v) is 4.96. The molecule has 4 aromatic rings. The highest BCUT2D eigenvalue weighted by molar-refractivity contribution is 6.06. The van der Waals surface area contributed by atoms with E-state index in [0.717, 1.165) is 0 Å². The number of rotatable bonds is 8. The lowest BCUT2D eigenvalue weighted by atomic mass is 10.1. The van der Waals surface area contributed by atoms with Gasteiger partial charge in [0.25, 0.3) is 0 Å². The van der Waals surface area contributed by atoms with Crippen molar-refractivity contribution in [2.24, 2.45) is 0 Å². The maximum Gasteiger partial charge on any atom is 0.357 e. The molecule has 0 fully saturated rings. The number of benzene rings is 2. The van der Waals surface area contributed by atoms with Crippen LogP contribution in [0.5, 0.6) is 5.75 Å². The van der Waals surface area contributed by atoms with Gasteiger partial charge in [-0.1, -0.05) is 18.2 Å². The Morgan fingerprint density at radius 1 is 0.939 bits per heavy atom. The normalized spacial score (nSPS) is 10.6. The molecule has 0 aliphatic heterocycles. The van der Waals surface area contributed by atoms with Crippen molar-refractivity contribution in [1.29, 1.82) is 0 Å². The quantitative estimate of drug-likeness (QED) is 0.383. The van der Waals surface area contributed by atoms with Gasteiger partial charge in [-0.15, -0.1) is 0 Å². The summed E-state index contributed by atoms with van der Waals surface area (Å²) < 4.78 is 19.0. The summed E-state index contributed by atoms with van der Waals surface area (Å²) in [5.41, 5.74) is 1.55. The highest BCUT2D eigenvalue weighted by atomic mass is 16.5. The lowest BCUT2D eigenvalue weighted by Gasteiger charge is -2.08. The molecule has 0 radical (unpaired) electrons. The topological polar surface area (TPSA) is 97.5 Å². The third-order valence-electron chi connectivity index (χ3n) is 4.96. The van der Waals surface area contributed by atoms with Crippen molar-refractivity contribution >= 4 is 11.9 Å². The van der Waals surface area contributed by atoms with E-state index in [2.05, 4.69) is 10.1 Å². The van der Waals surface area contributed by atoms with E-state index in [-0.39, 0.29) is 11.3 Å². The van der Waals surface area contributed by atoms with E-state index in [1.807, 2.05) is 29.0 Å².